The summed E-state index contributed by atoms with van der Waals surface area (Å²) in [6.45, 7) is 0. The number of hydrogen-bond donors (Lipinski definition) is 1. The molecule has 0 amide bonds. The summed E-state index contributed by atoms with van der Waals surface area (Å²) in [7, 11) is 1.82. The van der Waals surface area contributed by atoms with Crippen LogP contribution in [-0.2, 0) is 13.5 Å². The molecule has 20 heavy (non-hydrogen) atoms. The summed E-state index contributed by atoms with van der Waals surface area (Å²) in [4.78, 5) is 0. The van der Waals surface area contributed by atoms with Crippen molar-refractivity contribution in [2.45, 2.75) is 50.8 Å². The molecule has 0 spiro atoms. The minimum absolute atomic E-state index is 0.0655. The van der Waals surface area contributed by atoms with E-state index in [1.54, 1.807) is 10.9 Å². The molecule has 2 rings (SSSR count). The van der Waals surface area contributed by atoms with Crippen LogP contribution >= 0.6 is 0 Å². The molecule has 1 heterocycles. The van der Waals surface area contributed by atoms with Gasteiger partial charge in [0.2, 0.25) is 0 Å². The Kier molecular flexibility index (Phi) is 4.73. The van der Waals surface area contributed by atoms with Crippen LogP contribution in [0.4, 0.5) is 13.2 Å². The quantitative estimate of drug-likeness (QED) is 0.925. The standard InChI is InChI=1S/C14H21F3N2O/c1-19-12(7-8-18-19)5-6-13(20)10-3-2-4-11(9-10)14(15,16)17/h7-8,10-11,13,20H,2-6,9H2,1H3. The monoisotopic (exact) mass is 290 g/mol. The molecule has 6 heteroatoms. The Morgan fingerprint density at radius 2 is 2.20 bits per heavy atom. The van der Waals surface area contributed by atoms with Crippen molar-refractivity contribution < 1.29 is 18.3 Å². The summed E-state index contributed by atoms with van der Waals surface area (Å²) in [5.74, 6) is -1.48. The van der Waals surface area contributed by atoms with Crippen molar-refractivity contribution in [3.63, 3.8) is 0 Å². The largest absolute Gasteiger partial charge is 0.393 e. The number of halogens is 3. The topological polar surface area (TPSA) is 38.0 Å². The van der Waals surface area contributed by atoms with Crippen LogP contribution < -0.4 is 0 Å². The molecule has 1 saturated carbocycles. The first-order valence-corrected chi connectivity index (χ1v) is 7.09. The molecule has 0 bridgehead atoms. The number of aliphatic hydroxyl groups excluding tert-OH is 1. The van der Waals surface area contributed by atoms with Gasteiger partial charge in [-0.1, -0.05) is 6.42 Å². The van der Waals surface area contributed by atoms with Crippen molar-refractivity contribution in [2.24, 2.45) is 18.9 Å². The number of aryl methyl sites for hydroxylation is 2. The molecule has 3 unspecified atom stereocenters. The summed E-state index contributed by atoms with van der Waals surface area (Å²) >= 11 is 0. The molecule has 1 aromatic rings. The lowest BCUT2D eigenvalue weighted by Crippen LogP contribution is -2.33. The number of alkyl halides is 3. The molecule has 0 aromatic carbocycles. The maximum absolute atomic E-state index is 12.7. The van der Waals surface area contributed by atoms with Crippen LogP contribution in [0.15, 0.2) is 12.3 Å². The Balaban J connectivity index is 1.86. The Morgan fingerprint density at radius 3 is 2.80 bits per heavy atom. The van der Waals surface area contributed by atoms with Crippen LogP contribution in [0.3, 0.4) is 0 Å². The first-order chi connectivity index (χ1) is 9.38. The SMILES string of the molecule is Cn1nccc1CCC(O)C1CCCC(C(F)(F)F)C1. The Morgan fingerprint density at radius 1 is 1.45 bits per heavy atom. The van der Waals surface area contributed by atoms with E-state index in [9.17, 15) is 18.3 Å². The lowest BCUT2D eigenvalue weighted by Gasteiger charge is -2.33. The number of nitrogens with zero attached hydrogens (tertiary/aromatic N) is 2. The van der Waals surface area contributed by atoms with Gasteiger partial charge in [0, 0.05) is 18.9 Å². The molecule has 3 nitrogen and oxygen atoms in total. The third-order valence-electron chi connectivity index (χ3n) is 4.34. The summed E-state index contributed by atoms with van der Waals surface area (Å²) in [6, 6.07) is 1.87. The van der Waals surface area contributed by atoms with Crippen LogP contribution in [-0.4, -0.2) is 27.2 Å². The fraction of sp³-hybridized carbons (Fsp3) is 0.786. The van der Waals surface area contributed by atoms with Crippen molar-refractivity contribution in [3.8, 4) is 0 Å². The van der Waals surface area contributed by atoms with E-state index in [4.69, 9.17) is 0 Å². The molecule has 114 valence electrons. The van der Waals surface area contributed by atoms with Crippen molar-refractivity contribution in [1.29, 1.82) is 0 Å². The van der Waals surface area contributed by atoms with E-state index >= 15 is 0 Å². The molecular weight excluding hydrogens is 269 g/mol. The van der Waals surface area contributed by atoms with E-state index < -0.39 is 18.2 Å². The first-order valence-electron chi connectivity index (χ1n) is 7.09. The van der Waals surface area contributed by atoms with Gasteiger partial charge in [-0.2, -0.15) is 18.3 Å². The maximum Gasteiger partial charge on any atom is 0.391 e. The average molecular weight is 290 g/mol. The molecule has 1 fully saturated rings. The molecule has 0 aliphatic heterocycles. The van der Waals surface area contributed by atoms with Crippen molar-refractivity contribution in [2.75, 3.05) is 0 Å². The summed E-state index contributed by atoms with van der Waals surface area (Å²) in [5, 5.41) is 14.2. The summed E-state index contributed by atoms with van der Waals surface area (Å²) in [6.07, 6.45) is -0.446. The highest BCUT2D eigenvalue weighted by atomic mass is 19.4. The predicted octanol–water partition coefficient (Wildman–Crippen LogP) is 3.08. The van der Waals surface area contributed by atoms with Gasteiger partial charge < -0.3 is 5.11 Å². The third-order valence-corrected chi connectivity index (χ3v) is 4.34. The van der Waals surface area contributed by atoms with Crippen LogP contribution in [0.1, 0.15) is 37.8 Å². The first kappa shape index (κ1) is 15.4. The van der Waals surface area contributed by atoms with Crippen molar-refractivity contribution in [1.82, 2.24) is 9.78 Å². The Hall–Kier alpha value is -1.04. The lowest BCUT2D eigenvalue weighted by molar-refractivity contribution is -0.188. The van der Waals surface area contributed by atoms with Gasteiger partial charge in [-0.05, 0) is 44.1 Å². The van der Waals surface area contributed by atoms with E-state index in [2.05, 4.69) is 5.10 Å². The highest BCUT2D eigenvalue weighted by Gasteiger charge is 2.43. The van der Waals surface area contributed by atoms with E-state index in [0.717, 1.165) is 5.69 Å². The second-order valence-corrected chi connectivity index (χ2v) is 5.72. The second-order valence-electron chi connectivity index (χ2n) is 5.72. The van der Waals surface area contributed by atoms with Gasteiger partial charge >= 0.3 is 6.18 Å². The zero-order valence-corrected chi connectivity index (χ0v) is 11.6. The smallest absolute Gasteiger partial charge is 0.391 e. The number of rotatable bonds is 4. The van der Waals surface area contributed by atoms with Gasteiger partial charge in [0.05, 0.1) is 12.0 Å². The highest BCUT2D eigenvalue weighted by molar-refractivity contribution is 5.00. The number of aliphatic hydroxyl groups is 1. The minimum Gasteiger partial charge on any atom is -0.393 e. The van der Waals surface area contributed by atoms with E-state index in [1.165, 1.54) is 0 Å². The fourth-order valence-corrected chi connectivity index (χ4v) is 3.05. The Bertz CT molecular complexity index is 430. The van der Waals surface area contributed by atoms with Crippen LogP contribution in [0, 0.1) is 11.8 Å². The van der Waals surface area contributed by atoms with E-state index in [1.807, 2.05) is 13.1 Å². The van der Waals surface area contributed by atoms with Crippen molar-refractivity contribution >= 4 is 0 Å². The van der Waals surface area contributed by atoms with Gasteiger partial charge in [0.15, 0.2) is 0 Å². The van der Waals surface area contributed by atoms with E-state index in [0.29, 0.717) is 25.7 Å². The zero-order valence-electron chi connectivity index (χ0n) is 11.6. The molecule has 0 radical (unpaired) electrons. The number of aromatic nitrogens is 2. The second kappa shape index (κ2) is 6.16. The van der Waals surface area contributed by atoms with Gasteiger partial charge in [0.1, 0.15) is 0 Å². The average Bonchev–Trinajstić information content (AvgIpc) is 2.81. The van der Waals surface area contributed by atoms with Crippen LogP contribution in [0.25, 0.3) is 0 Å². The molecule has 1 N–H and O–H groups in total. The lowest BCUT2D eigenvalue weighted by atomic mass is 9.77. The minimum atomic E-state index is -4.12. The summed E-state index contributed by atoms with van der Waals surface area (Å²) < 4.78 is 40.0. The molecular formula is C14H21F3N2O. The normalized spacial score (nSPS) is 25.6. The van der Waals surface area contributed by atoms with Crippen molar-refractivity contribution in [3.05, 3.63) is 18.0 Å². The maximum atomic E-state index is 12.7. The molecule has 0 saturated heterocycles. The molecule has 3 atom stereocenters. The Labute approximate surface area is 116 Å². The molecule has 1 aromatic heterocycles. The van der Waals surface area contributed by atoms with Gasteiger partial charge in [-0.3, -0.25) is 4.68 Å². The van der Waals surface area contributed by atoms with Gasteiger partial charge in [-0.15, -0.1) is 0 Å². The zero-order chi connectivity index (χ0) is 14.8. The number of hydrogen-bond acceptors (Lipinski definition) is 2. The molecule has 1 aliphatic rings. The summed E-state index contributed by atoms with van der Waals surface area (Å²) in [5.41, 5.74) is 0.993. The predicted molar refractivity (Wildman–Crippen MR) is 69.0 cm³/mol. The van der Waals surface area contributed by atoms with Crippen LogP contribution in [0.2, 0.25) is 0 Å². The van der Waals surface area contributed by atoms with Crippen LogP contribution in [0.5, 0.6) is 0 Å². The van der Waals surface area contributed by atoms with E-state index in [-0.39, 0.29) is 18.8 Å². The highest BCUT2D eigenvalue weighted by Crippen LogP contribution is 2.41. The third kappa shape index (κ3) is 3.75. The molecule has 1 aliphatic carbocycles. The fourth-order valence-electron chi connectivity index (χ4n) is 3.05. The van der Waals surface area contributed by atoms with Gasteiger partial charge in [0.25, 0.3) is 0 Å². The van der Waals surface area contributed by atoms with Gasteiger partial charge in [-0.25, -0.2) is 0 Å².